The molecular weight excluding hydrogens is 473 g/mol. The number of nitrogens with one attached hydrogen (secondary N) is 1. The highest BCUT2D eigenvalue weighted by molar-refractivity contribution is 7.82. The van der Waals surface area contributed by atoms with Crippen LogP contribution in [0.2, 0.25) is 0 Å². The molecule has 14 heteroatoms. The minimum atomic E-state index is -4.86. The first kappa shape index (κ1) is 25.0. The van der Waals surface area contributed by atoms with Gasteiger partial charge < -0.3 is 13.7 Å². The van der Waals surface area contributed by atoms with Crippen molar-refractivity contribution in [2.45, 2.75) is 16.7 Å². The zero-order valence-electron chi connectivity index (χ0n) is 15.7. The van der Waals surface area contributed by atoms with Gasteiger partial charge in [0, 0.05) is 0 Å². The van der Waals surface area contributed by atoms with Crippen LogP contribution < -0.4 is 18.5 Å². The summed E-state index contributed by atoms with van der Waals surface area (Å²) < 4.78 is 107. The molecule has 2 atom stereocenters. The summed E-state index contributed by atoms with van der Waals surface area (Å²) in [4.78, 5) is 2.16. The maximum atomic E-state index is 13.2. The Morgan fingerprint density at radius 2 is 1.42 bits per heavy atom. The number of halogens is 5. The highest BCUT2D eigenvalue weighted by Crippen LogP contribution is 2.35. The van der Waals surface area contributed by atoms with Gasteiger partial charge in [0.15, 0.2) is 13.3 Å². The Balaban J connectivity index is 1.82. The van der Waals surface area contributed by atoms with Gasteiger partial charge in [0.05, 0.1) is 12.0 Å². The predicted molar refractivity (Wildman–Crippen MR) is 100 cm³/mol. The SMILES string of the molecule is COc1ccc(S(=O)ONS(=O)Oc2ccc(OCC(F)(F)C(F)(F)CF)cc2)cc1. The van der Waals surface area contributed by atoms with Gasteiger partial charge in [-0.25, -0.2) is 8.60 Å². The molecule has 1 N–H and O–H groups in total. The van der Waals surface area contributed by atoms with Gasteiger partial charge in [-0.15, -0.1) is 0 Å². The summed E-state index contributed by atoms with van der Waals surface area (Å²) in [7, 11) is 1.46. The first-order chi connectivity index (χ1) is 14.6. The van der Waals surface area contributed by atoms with Crippen molar-refractivity contribution in [2.75, 3.05) is 20.4 Å². The lowest BCUT2D eigenvalue weighted by Gasteiger charge is -2.24. The monoisotopic (exact) mass is 489 g/mol. The second-order valence-electron chi connectivity index (χ2n) is 5.70. The van der Waals surface area contributed by atoms with Gasteiger partial charge in [0.2, 0.25) is 11.1 Å². The predicted octanol–water partition coefficient (Wildman–Crippen LogP) is 3.52. The molecule has 0 amide bonds. The second-order valence-corrected chi connectivity index (χ2v) is 7.61. The Bertz CT molecular complexity index is 899. The minimum absolute atomic E-state index is 0.0436. The van der Waals surface area contributed by atoms with Crippen LogP contribution in [-0.4, -0.2) is 40.7 Å². The van der Waals surface area contributed by atoms with Crippen LogP contribution in [0.25, 0.3) is 0 Å². The van der Waals surface area contributed by atoms with E-state index in [0.717, 1.165) is 24.3 Å². The van der Waals surface area contributed by atoms with Gasteiger partial charge >= 0.3 is 23.1 Å². The standard InChI is InChI=1S/C17H16F5NO6S2/c1-26-12-6-8-15(9-7-12)30(24)29-23-31(25)28-14-4-2-13(3-5-14)27-11-17(21,22)16(19,20)10-18/h2-9,23H,10-11H2,1H3. The molecule has 31 heavy (non-hydrogen) atoms. The van der Waals surface area contributed by atoms with E-state index in [1.165, 1.54) is 19.2 Å². The fraction of sp³-hybridized carbons (Fsp3) is 0.294. The van der Waals surface area contributed by atoms with Crippen molar-refractivity contribution in [3.8, 4) is 17.2 Å². The maximum absolute atomic E-state index is 13.2. The molecule has 0 heterocycles. The van der Waals surface area contributed by atoms with E-state index in [1.807, 2.05) is 4.89 Å². The first-order valence-corrected chi connectivity index (χ1v) is 10.4. The molecule has 0 saturated carbocycles. The van der Waals surface area contributed by atoms with Gasteiger partial charge in [-0.3, -0.25) is 0 Å². The normalized spacial score (nSPS) is 14.0. The second kappa shape index (κ2) is 10.8. The van der Waals surface area contributed by atoms with Gasteiger partial charge in [0.1, 0.15) is 17.2 Å². The van der Waals surface area contributed by atoms with Crippen molar-refractivity contribution in [3.63, 3.8) is 0 Å². The third-order valence-corrected chi connectivity index (χ3v) is 5.11. The molecule has 2 unspecified atom stereocenters. The molecule has 0 spiro atoms. The van der Waals surface area contributed by atoms with Gasteiger partial charge in [-0.05, 0) is 48.5 Å². The molecule has 7 nitrogen and oxygen atoms in total. The van der Waals surface area contributed by atoms with Crippen LogP contribution in [-0.2, 0) is 26.6 Å². The van der Waals surface area contributed by atoms with Crippen molar-refractivity contribution in [2.24, 2.45) is 0 Å². The molecule has 0 bridgehead atoms. The first-order valence-electron chi connectivity index (χ1n) is 8.21. The molecule has 0 aliphatic carbocycles. The van der Waals surface area contributed by atoms with Crippen molar-refractivity contribution in [1.29, 1.82) is 0 Å². The third-order valence-electron chi connectivity index (χ3n) is 3.55. The van der Waals surface area contributed by atoms with Crippen molar-refractivity contribution in [1.82, 2.24) is 4.89 Å². The zero-order chi connectivity index (χ0) is 23.1. The van der Waals surface area contributed by atoms with Crippen LogP contribution in [0.1, 0.15) is 0 Å². The molecule has 0 fully saturated rings. The van der Waals surface area contributed by atoms with Crippen LogP contribution in [0, 0.1) is 0 Å². The topological polar surface area (TPSA) is 83.1 Å². The van der Waals surface area contributed by atoms with Crippen LogP contribution in [0.4, 0.5) is 22.0 Å². The average Bonchev–Trinajstić information content (AvgIpc) is 2.77. The highest BCUT2D eigenvalue weighted by Gasteiger charge is 2.57. The number of hydrogen-bond donors (Lipinski definition) is 1. The van der Waals surface area contributed by atoms with E-state index in [2.05, 4.69) is 4.74 Å². The summed E-state index contributed by atoms with van der Waals surface area (Å²) in [6, 6.07) is 10.4. The highest BCUT2D eigenvalue weighted by atomic mass is 32.2. The Labute approximate surface area is 178 Å². The summed E-state index contributed by atoms with van der Waals surface area (Å²) in [5, 5.41) is 0. The van der Waals surface area contributed by atoms with E-state index >= 15 is 0 Å². The van der Waals surface area contributed by atoms with E-state index in [1.54, 1.807) is 12.1 Å². The summed E-state index contributed by atoms with van der Waals surface area (Å²) in [5.41, 5.74) is 0. The van der Waals surface area contributed by atoms with Gasteiger partial charge in [-0.1, -0.05) is 4.89 Å². The van der Waals surface area contributed by atoms with E-state index in [0.29, 0.717) is 5.75 Å². The summed E-state index contributed by atoms with van der Waals surface area (Å²) >= 11 is -4.31. The largest absolute Gasteiger partial charge is 0.497 e. The number of rotatable bonds is 12. The maximum Gasteiger partial charge on any atom is 0.345 e. The summed E-state index contributed by atoms with van der Waals surface area (Å²) in [5.74, 6) is -9.31. The fourth-order valence-electron chi connectivity index (χ4n) is 1.87. The number of hydrogen-bond acceptors (Lipinski definition) is 6. The van der Waals surface area contributed by atoms with E-state index in [4.69, 9.17) is 13.2 Å². The fourth-order valence-corrected chi connectivity index (χ4v) is 3.11. The van der Waals surface area contributed by atoms with E-state index in [-0.39, 0.29) is 16.4 Å². The minimum Gasteiger partial charge on any atom is -0.497 e. The molecule has 0 saturated heterocycles. The molecule has 2 aromatic carbocycles. The Morgan fingerprint density at radius 3 is 1.97 bits per heavy atom. The summed E-state index contributed by atoms with van der Waals surface area (Å²) in [6.45, 7) is -4.27. The molecule has 0 aliphatic heterocycles. The quantitative estimate of drug-likeness (QED) is 0.363. The Kier molecular flexibility index (Phi) is 8.73. The number of ether oxygens (including phenoxy) is 2. The van der Waals surface area contributed by atoms with Crippen LogP contribution in [0.5, 0.6) is 17.2 Å². The zero-order valence-corrected chi connectivity index (χ0v) is 17.3. The smallest absolute Gasteiger partial charge is 0.345 e. The van der Waals surface area contributed by atoms with Crippen LogP contribution in [0.15, 0.2) is 53.4 Å². The average molecular weight is 489 g/mol. The van der Waals surface area contributed by atoms with E-state index < -0.39 is 47.5 Å². The molecule has 0 radical (unpaired) electrons. The summed E-state index contributed by atoms with van der Waals surface area (Å²) in [6.07, 6.45) is 0. The molecule has 0 aliphatic rings. The number of alkyl halides is 5. The van der Waals surface area contributed by atoms with Crippen molar-refractivity contribution >= 4 is 22.3 Å². The Hall–Kier alpha value is -2.29. The lowest BCUT2D eigenvalue weighted by molar-refractivity contribution is -0.227. The van der Waals surface area contributed by atoms with Gasteiger partial charge in [0.25, 0.3) is 0 Å². The lowest BCUT2D eigenvalue weighted by atomic mass is 10.2. The van der Waals surface area contributed by atoms with E-state index in [9.17, 15) is 30.4 Å². The van der Waals surface area contributed by atoms with Crippen molar-refractivity contribution in [3.05, 3.63) is 48.5 Å². The van der Waals surface area contributed by atoms with Gasteiger partial charge in [-0.2, -0.15) is 26.1 Å². The molecule has 2 aromatic rings. The number of methoxy groups -OCH3 is 1. The van der Waals surface area contributed by atoms with Crippen LogP contribution >= 0.6 is 0 Å². The lowest BCUT2D eigenvalue weighted by Crippen LogP contribution is -2.46. The van der Waals surface area contributed by atoms with Crippen LogP contribution in [0.3, 0.4) is 0 Å². The molecule has 0 aromatic heterocycles. The molecule has 2 rings (SSSR count). The Morgan fingerprint density at radius 1 is 0.871 bits per heavy atom. The number of benzene rings is 2. The molecule has 172 valence electrons. The third kappa shape index (κ3) is 7.12. The molecular formula is C17H16F5NO6S2. The van der Waals surface area contributed by atoms with Crippen molar-refractivity contribution < 1.29 is 48.3 Å².